The van der Waals surface area contributed by atoms with Crippen molar-refractivity contribution in [2.45, 2.75) is 26.3 Å². The van der Waals surface area contributed by atoms with Crippen molar-refractivity contribution in [2.24, 2.45) is 0 Å². The van der Waals surface area contributed by atoms with Crippen LogP contribution in [-0.4, -0.2) is 23.4 Å². The van der Waals surface area contributed by atoms with Crippen LogP contribution < -0.4 is 0 Å². The maximum absolute atomic E-state index is 11.8. The largest absolute Gasteiger partial charge is 0.465 e. The minimum absolute atomic E-state index is 0.178. The lowest BCUT2D eigenvalue weighted by molar-refractivity contribution is 0.0600. The van der Waals surface area contributed by atoms with Crippen LogP contribution in [0.2, 0.25) is 0 Å². The van der Waals surface area contributed by atoms with E-state index in [1.165, 1.54) is 7.11 Å². The van der Waals surface area contributed by atoms with Gasteiger partial charge in [-0.15, -0.1) is 0 Å². The molecule has 0 spiro atoms. The molecule has 0 saturated carbocycles. The number of aromatic nitrogens is 1. The number of carbonyl (C=O) groups is 2. The van der Waals surface area contributed by atoms with Crippen molar-refractivity contribution in [3.8, 4) is 0 Å². The third kappa shape index (κ3) is 3.81. The maximum atomic E-state index is 11.8. The predicted molar refractivity (Wildman–Crippen MR) is 80.6 cm³/mol. The van der Waals surface area contributed by atoms with Crippen LogP contribution in [0.4, 0.5) is 0 Å². The Morgan fingerprint density at radius 3 is 2.43 bits per heavy atom. The number of ether oxygens (including phenoxy) is 1. The highest BCUT2D eigenvalue weighted by molar-refractivity contribution is 5.95. The van der Waals surface area contributed by atoms with Gasteiger partial charge in [0.2, 0.25) is 0 Å². The molecule has 0 radical (unpaired) electrons. The third-order valence-corrected chi connectivity index (χ3v) is 3.29. The highest BCUT2D eigenvalue weighted by Gasteiger charge is 2.07. The van der Waals surface area contributed by atoms with Crippen LogP contribution in [0.15, 0.2) is 42.7 Å². The average Bonchev–Trinajstić information content (AvgIpc) is 2.96. The number of ketones is 1. The van der Waals surface area contributed by atoms with Gasteiger partial charge in [0.15, 0.2) is 5.78 Å². The molecule has 2 rings (SSSR count). The summed E-state index contributed by atoms with van der Waals surface area (Å²) in [5, 5.41) is 0. The van der Waals surface area contributed by atoms with Gasteiger partial charge in [0.1, 0.15) is 0 Å². The van der Waals surface area contributed by atoms with E-state index in [0.717, 1.165) is 17.5 Å². The van der Waals surface area contributed by atoms with E-state index in [0.29, 0.717) is 18.5 Å². The quantitative estimate of drug-likeness (QED) is 0.604. The summed E-state index contributed by atoms with van der Waals surface area (Å²) in [6.07, 6.45) is 5.21. The topological polar surface area (TPSA) is 48.3 Å². The summed E-state index contributed by atoms with van der Waals surface area (Å²) < 4.78 is 6.63. The van der Waals surface area contributed by atoms with Crippen LogP contribution in [0.1, 0.15) is 46.0 Å². The monoisotopic (exact) mass is 285 g/mol. The molecule has 1 aromatic heterocycles. The first kappa shape index (κ1) is 15.0. The van der Waals surface area contributed by atoms with E-state index in [-0.39, 0.29) is 11.8 Å². The van der Waals surface area contributed by atoms with Gasteiger partial charge in [-0.25, -0.2) is 4.79 Å². The number of rotatable bonds is 6. The zero-order valence-corrected chi connectivity index (χ0v) is 12.3. The van der Waals surface area contributed by atoms with E-state index < -0.39 is 0 Å². The van der Waals surface area contributed by atoms with Gasteiger partial charge in [-0.2, -0.15) is 0 Å². The number of methoxy groups -OCH3 is 1. The summed E-state index contributed by atoms with van der Waals surface area (Å²) >= 11 is 0. The second-order valence-electron chi connectivity index (χ2n) is 4.93. The molecule has 4 nitrogen and oxygen atoms in total. The Hall–Kier alpha value is -2.36. The Labute approximate surface area is 124 Å². The van der Waals surface area contributed by atoms with Gasteiger partial charge in [-0.1, -0.05) is 19.1 Å². The van der Waals surface area contributed by atoms with Gasteiger partial charge in [0.05, 0.1) is 12.7 Å². The Kier molecular flexibility index (Phi) is 4.93. The fourth-order valence-electron chi connectivity index (χ4n) is 2.15. The molecule has 0 saturated heterocycles. The zero-order chi connectivity index (χ0) is 15.2. The van der Waals surface area contributed by atoms with Crippen LogP contribution in [0.25, 0.3) is 0 Å². The lowest BCUT2D eigenvalue weighted by Crippen LogP contribution is -2.02. The minimum atomic E-state index is -0.338. The van der Waals surface area contributed by atoms with Crippen molar-refractivity contribution < 1.29 is 14.3 Å². The van der Waals surface area contributed by atoms with Crippen molar-refractivity contribution in [3.05, 3.63) is 59.4 Å². The SMILES string of the molecule is CCCC(=O)c1ccn(Cc2ccc(C(=O)OC)cc2)c1. The normalized spacial score (nSPS) is 10.4. The number of benzene rings is 1. The molecule has 0 aliphatic heterocycles. The van der Waals surface area contributed by atoms with Gasteiger partial charge < -0.3 is 9.30 Å². The molecule has 1 aromatic carbocycles. The Morgan fingerprint density at radius 1 is 1.10 bits per heavy atom. The fourth-order valence-corrected chi connectivity index (χ4v) is 2.15. The Balaban J connectivity index is 2.05. The number of carbonyl (C=O) groups excluding carboxylic acids is 2. The molecule has 21 heavy (non-hydrogen) atoms. The van der Waals surface area contributed by atoms with Gasteiger partial charge in [-0.3, -0.25) is 4.79 Å². The number of esters is 1. The molecule has 0 atom stereocenters. The summed E-state index contributed by atoms with van der Waals surface area (Å²) in [6, 6.07) is 9.11. The van der Waals surface area contributed by atoms with Crippen LogP contribution in [0.3, 0.4) is 0 Å². The Morgan fingerprint density at radius 2 is 1.81 bits per heavy atom. The molecular weight excluding hydrogens is 266 g/mol. The van der Waals surface area contributed by atoms with Crippen LogP contribution in [-0.2, 0) is 11.3 Å². The first-order valence-corrected chi connectivity index (χ1v) is 7.00. The lowest BCUT2D eigenvalue weighted by atomic mass is 10.1. The number of hydrogen-bond donors (Lipinski definition) is 0. The van der Waals surface area contributed by atoms with E-state index in [4.69, 9.17) is 0 Å². The Bertz CT molecular complexity index is 626. The van der Waals surface area contributed by atoms with Crippen molar-refractivity contribution >= 4 is 11.8 Å². The molecule has 0 bridgehead atoms. The highest BCUT2D eigenvalue weighted by atomic mass is 16.5. The average molecular weight is 285 g/mol. The molecule has 4 heteroatoms. The minimum Gasteiger partial charge on any atom is -0.465 e. The lowest BCUT2D eigenvalue weighted by Gasteiger charge is -2.04. The zero-order valence-electron chi connectivity index (χ0n) is 12.3. The maximum Gasteiger partial charge on any atom is 0.337 e. The van der Waals surface area contributed by atoms with E-state index >= 15 is 0 Å². The molecule has 0 fully saturated rings. The summed E-state index contributed by atoms with van der Waals surface area (Å²) in [5.74, 6) is -0.160. The molecule has 110 valence electrons. The summed E-state index contributed by atoms with van der Waals surface area (Å²) in [7, 11) is 1.37. The number of nitrogens with zero attached hydrogens (tertiary/aromatic N) is 1. The molecule has 0 unspecified atom stereocenters. The van der Waals surface area contributed by atoms with E-state index in [1.54, 1.807) is 12.1 Å². The molecule has 0 N–H and O–H groups in total. The standard InChI is InChI=1S/C17H19NO3/c1-3-4-16(19)15-9-10-18(12-15)11-13-5-7-14(8-6-13)17(20)21-2/h5-10,12H,3-4,11H2,1-2H3. The number of hydrogen-bond acceptors (Lipinski definition) is 3. The van der Waals surface area contributed by atoms with Crippen molar-refractivity contribution in [2.75, 3.05) is 7.11 Å². The van der Waals surface area contributed by atoms with Crippen molar-refractivity contribution in [1.82, 2.24) is 4.57 Å². The second kappa shape index (κ2) is 6.88. The molecule has 0 aliphatic rings. The van der Waals surface area contributed by atoms with E-state index in [9.17, 15) is 9.59 Å². The summed E-state index contributed by atoms with van der Waals surface area (Å²) in [5.41, 5.74) is 2.35. The smallest absolute Gasteiger partial charge is 0.337 e. The second-order valence-corrected chi connectivity index (χ2v) is 4.93. The van der Waals surface area contributed by atoms with Gasteiger partial charge in [0.25, 0.3) is 0 Å². The molecule has 0 amide bonds. The van der Waals surface area contributed by atoms with Gasteiger partial charge in [0, 0.05) is 30.9 Å². The molecule has 2 aromatic rings. The molecule has 1 heterocycles. The van der Waals surface area contributed by atoms with Gasteiger partial charge in [-0.05, 0) is 30.2 Å². The highest BCUT2D eigenvalue weighted by Crippen LogP contribution is 2.11. The van der Waals surface area contributed by atoms with Crippen LogP contribution in [0.5, 0.6) is 0 Å². The number of Topliss-reactive ketones (excluding diaryl/α,β-unsaturated/α-hetero) is 1. The van der Waals surface area contributed by atoms with Gasteiger partial charge >= 0.3 is 5.97 Å². The van der Waals surface area contributed by atoms with Crippen LogP contribution >= 0.6 is 0 Å². The molecular formula is C17H19NO3. The van der Waals surface area contributed by atoms with E-state index in [2.05, 4.69) is 4.74 Å². The van der Waals surface area contributed by atoms with E-state index in [1.807, 2.05) is 42.1 Å². The van der Waals surface area contributed by atoms with Crippen molar-refractivity contribution in [1.29, 1.82) is 0 Å². The third-order valence-electron chi connectivity index (χ3n) is 3.29. The fraction of sp³-hybridized carbons (Fsp3) is 0.294. The first-order chi connectivity index (χ1) is 10.1. The first-order valence-electron chi connectivity index (χ1n) is 7.00. The van der Waals surface area contributed by atoms with Crippen LogP contribution in [0, 0.1) is 0 Å². The molecule has 0 aliphatic carbocycles. The van der Waals surface area contributed by atoms with Crippen molar-refractivity contribution in [3.63, 3.8) is 0 Å². The summed E-state index contributed by atoms with van der Waals surface area (Å²) in [4.78, 5) is 23.2. The predicted octanol–water partition coefficient (Wildman–Crippen LogP) is 3.31. The summed E-state index contributed by atoms with van der Waals surface area (Å²) in [6.45, 7) is 2.67.